The Balaban J connectivity index is 1.65. The van der Waals surface area contributed by atoms with Gasteiger partial charge in [-0.2, -0.15) is 0 Å². The number of anilines is 2. The van der Waals surface area contributed by atoms with E-state index in [0.29, 0.717) is 16.1 Å². The molecule has 164 valence electrons. The minimum atomic E-state index is -0.508. The molecule has 4 rings (SSSR count). The van der Waals surface area contributed by atoms with E-state index in [9.17, 15) is 19.7 Å². The Bertz CT molecular complexity index is 1180. The number of aryl methyl sites for hydroxylation is 2. The van der Waals surface area contributed by atoms with E-state index in [1.54, 1.807) is 0 Å². The molecule has 7 nitrogen and oxygen atoms in total. The number of non-ortho nitro benzene ring substituents is 1. The van der Waals surface area contributed by atoms with Crippen molar-refractivity contribution in [2.75, 3.05) is 10.6 Å². The van der Waals surface area contributed by atoms with Crippen LogP contribution in [0, 0.1) is 17.0 Å². The molecule has 0 fully saturated rings. The van der Waals surface area contributed by atoms with Gasteiger partial charge in [0.25, 0.3) is 17.5 Å². The van der Waals surface area contributed by atoms with E-state index < -0.39 is 10.8 Å². The van der Waals surface area contributed by atoms with Crippen molar-refractivity contribution in [3.63, 3.8) is 0 Å². The van der Waals surface area contributed by atoms with Crippen molar-refractivity contribution in [2.45, 2.75) is 39.0 Å². The van der Waals surface area contributed by atoms with Crippen LogP contribution in [0.1, 0.15) is 56.0 Å². The van der Waals surface area contributed by atoms with E-state index in [1.807, 2.05) is 31.2 Å². The zero-order chi connectivity index (χ0) is 22.7. The first kappa shape index (κ1) is 21.7. The molecule has 1 heterocycles. The SMILES string of the molecule is Cc1ccccc1NC(=O)c1c(NC(=O)c2ccc([N+](=O)[O-])cc2)sc2c1CCCCC2. The number of carbonyl (C=O) groups excluding carboxylic acids is 2. The molecule has 2 amide bonds. The number of benzene rings is 2. The maximum absolute atomic E-state index is 13.3. The molecule has 0 atom stereocenters. The van der Waals surface area contributed by atoms with Crippen LogP contribution in [0.3, 0.4) is 0 Å². The Kier molecular flexibility index (Phi) is 6.32. The van der Waals surface area contributed by atoms with Gasteiger partial charge in [0.05, 0.1) is 10.5 Å². The Labute approximate surface area is 189 Å². The number of nitrogens with zero attached hydrogens (tertiary/aromatic N) is 1. The molecule has 0 saturated heterocycles. The highest BCUT2D eigenvalue weighted by atomic mass is 32.1. The van der Waals surface area contributed by atoms with Gasteiger partial charge in [-0.3, -0.25) is 19.7 Å². The van der Waals surface area contributed by atoms with Gasteiger partial charge in [0.2, 0.25) is 0 Å². The lowest BCUT2D eigenvalue weighted by Gasteiger charge is -2.12. The number of rotatable bonds is 5. The third kappa shape index (κ3) is 4.55. The largest absolute Gasteiger partial charge is 0.322 e. The number of thiophene rings is 1. The Morgan fingerprint density at radius 2 is 1.66 bits per heavy atom. The van der Waals surface area contributed by atoms with Crippen molar-refractivity contribution >= 4 is 39.5 Å². The van der Waals surface area contributed by atoms with Crippen LogP contribution in [0.4, 0.5) is 16.4 Å². The van der Waals surface area contributed by atoms with Crippen LogP contribution < -0.4 is 10.6 Å². The van der Waals surface area contributed by atoms with Gasteiger partial charge in [0, 0.05) is 28.3 Å². The quantitative estimate of drug-likeness (QED) is 0.295. The van der Waals surface area contributed by atoms with Gasteiger partial charge in [-0.15, -0.1) is 11.3 Å². The van der Waals surface area contributed by atoms with Crippen molar-refractivity contribution in [3.05, 3.63) is 85.8 Å². The van der Waals surface area contributed by atoms with E-state index in [4.69, 9.17) is 0 Å². The maximum Gasteiger partial charge on any atom is 0.269 e. The van der Waals surface area contributed by atoms with Crippen LogP contribution in [0.25, 0.3) is 0 Å². The molecule has 0 radical (unpaired) electrons. The fourth-order valence-corrected chi connectivity index (χ4v) is 5.16. The molecule has 0 bridgehead atoms. The molecule has 3 aromatic rings. The number of nitrogens with one attached hydrogen (secondary N) is 2. The molecule has 8 heteroatoms. The van der Waals surface area contributed by atoms with Crippen LogP contribution in [0.2, 0.25) is 0 Å². The summed E-state index contributed by atoms with van der Waals surface area (Å²) in [5.74, 6) is -0.640. The number of nitro benzene ring substituents is 1. The third-order valence-electron chi connectivity index (χ3n) is 5.61. The lowest BCUT2D eigenvalue weighted by atomic mass is 10.0. The van der Waals surface area contributed by atoms with Gasteiger partial charge >= 0.3 is 0 Å². The lowest BCUT2D eigenvalue weighted by molar-refractivity contribution is -0.384. The van der Waals surface area contributed by atoms with Crippen molar-refractivity contribution in [1.29, 1.82) is 0 Å². The van der Waals surface area contributed by atoms with Gasteiger partial charge < -0.3 is 10.6 Å². The number of amides is 2. The fraction of sp³-hybridized carbons (Fsp3) is 0.250. The summed E-state index contributed by atoms with van der Waals surface area (Å²) in [6.07, 6.45) is 4.87. The summed E-state index contributed by atoms with van der Waals surface area (Å²) < 4.78 is 0. The number of para-hydroxylation sites is 1. The molecular weight excluding hydrogens is 426 g/mol. The summed E-state index contributed by atoms with van der Waals surface area (Å²) in [6.45, 7) is 1.93. The second-order valence-electron chi connectivity index (χ2n) is 7.80. The molecule has 1 aliphatic carbocycles. The van der Waals surface area contributed by atoms with Crippen LogP contribution in [0.5, 0.6) is 0 Å². The van der Waals surface area contributed by atoms with Crippen LogP contribution in [-0.2, 0) is 12.8 Å². The summed E-state index contributed by atoms with van der Waals surface area (Å²) in [4.78, 5) is 37.7. The summed E-state index contributed by atoms with van der Waals surface area (Å²) in [6, 6.07) is 13.0. The molecule has 32 heavy (non-hydrogen) atoms. The highest BCUT2D eigenvalue weighted by Crippen LogP contribution is 2.38. The van der Waals surface area contributed by atoms with Gasteiger partial charge in [0.15, 0.2) is 0 Å². The number of hydrogen-bond acceptors (Lipinski definition) is 5. The second kappa shape index (κ2) is 9.32. The summed E-state index contributed by atoms with van der Waals surface area (Å²) in [7, 11) is 0. The maximum atomic E-state index is 13.3. The summed E-state index contributed by atoms with van der Waals surface area (Å²) >= 11 is 1.45. The number of carbonyl (C=O) groups is 2. The molecule has 1 aromatic heterocycles. The van der Waals surface area contributed by atoms with Crippen molar-refractivity contribution in [1.82, 2.24) is 0 Å². The normalized spacial score (nSPS) is 13.0. The molecule has 0 unspecified atom stereocenters. The van der Waals surface area contributed by atoms with E-state index in [0.717, 1.165) is 53.8 Å². The highest BCUT2D eigenvalue weighted by molar-refractivity contribution is 7.17. The minimum absolute atomic E-state index is 0.0808. The Morgan fingerprint density at radius 3 is 2.38 bits per heavy atom. The standard InChI is InChI=1S/C24H23N3O4S/c1-15-7-5-6-9-19(15)25-23(29)21-18-8-3-2-4-10-20(18)32-24(21)26-22(28)16-11-13-17(14-12-16)27(30)31/h5-7,9,11-14H,2-4,8,10H2,1H3,(H,25,29)(H,26,28). The molecule has 1 aliphatic rings. The predicted molar refractivity (Wildman–Crippen MR) is 126 cm³/mol. The molecular formula is C24H23N3O4S. The molecule has 0 saturated carbocycles. The Hall–Kier alpha value is -3.52. The first-order valence-electron chi connectivity index (χ1n) is 10.5. The van der Waals surface area contributed by atoms with Gasteiger partial charge in [0.1, 0.15) is 5.00 Å². The van der Waals surface area contributed by atoms with Crippen molar-refractivity contribution in [2.24, 2.45) is 0 Å². The fourth-order valence-electron chi connectivity index (χ4n) is 3.88. The smallest absolute Gasteiger partial charge is 0.269 e. The minimum Gasteiger partial charge on any atom is -0.322 e. The van der Waals surface area contributed by atoms with Crippen molar-refractivity contribution < 1.29 is 14.5 Å². The summed E-state index contributed by atoms with van der Waals surface area (Å²) in [5, 5.41) is 17.3. The number of hydrogen-bond donors (Lipinski definition) is 2. The average Bonchev–Trinajstić information content (AvgIpc) is 2.95. The van der Waals surface area contributed by atoms with Crippen molar-refractivity contribution in [3.8, 4) is 0 Å². The predicted octanol–water partition coefficient (Wildman–Crippen LogP) is 5.74. The first-order valence-corrected chi connectivity index (χ1v) is 11.3. The van der Waals surface area contributed by atoms with E-state index in [2.05, 4.69) is 10.6 Å². The molecule has 2 N–H and O–H groups in total. The highest BCUT2D eigenvalue weighted by Gasteiger charge is 2.26. The van der Waals surface area contributed by atoms with Gasteiger partial charge in [-0.05, 0) is 61.9 Å². The molecule has 0 spiro atoms. The zero-order valence-corrected chi connectivity index (χ0v) is 18.5. The van der Waals surface area contributed by atoms with E-state index in [1.165, 1.54) is 35.6 Å². The van der Waals surface area contributed by atoms with Crippen LogP contribution in [0.15, 0.2) is 48.5 Å². The first-order chi connectivity index (χ1) is 15.4. The second-order valence-corrected chi connectivity index (χ2v) is 8.90. The van der Waals surface area contributed by atoms with Crippen LogP contribution in [-0.4, -0.2) is 16.7 Å². The third-order valence-corrected chi connectivity index (χ3v) is 6.82. The van der Waals surface area contributed by atoms with E-state index >= 15 is 0 Å². The van der Waals surface area contributed by atoms with Gasteiger partial charge in [-0.25, -0.2) is 0 Å². The zero-order valence-electron chi connectivity index (χ0n) is 17.6. The molecule has 0 aliphatic heterocycles. The van der Waals surface area contributed by atoms with Gasteiger partial charge in [-0.1, -0.05) is 24.6 Å². The molecule has 2 aromatic carbocycles. The van der Waals surface area contributed by atoms with E-state index in [-0.39, 0.29) is 11.6 Å². The topological polar surface area (TPSA) is 101 Å². The monoisotopic (exact) mass is 449 g/mol. The average molecular weight is 450 g/mol. The number of nitro groups is 1. The number of fused-ring (bicyclic) bond motifs is 1. The summed E-state index contributed by atoms with van der Waals surface area (Å²) in [5.41, 5.74) is 3.44. The Morgan fingerprint density at radius 1 is 0.938 bits per heavy atom. The van der Waals surface area contributed by atoms with Crippen LogP contribution >= 0.6 is 11.3 Å². The lowest BCUT2D eigenvalue weighted by Crippen LogP contribution is -2.18.